The summed E-state index contributed by atoms with van der Waals surface area (Å²) in [6, 6.07) is 8.18. The second-order valence-corrected chi connectivity index (χ2v) is 3.67. The predicted molar refractivity (Wildman–Crippen MR) is 66.9 cm³/mol. The minimum Gasteiger partial charge on any atom is -0.331 e. The third-order valence-electron chi connectivity index (χ3n) is 1.82. The fourth-order valence-corrected chi connectivity index (χ4v) is 1.65. The average molecular weight is 271 g/mol. The summed E-state index contributed by atoms with van der Waals surface area (Å²) in [5.41, 5.74) is 2.36. The van der Waals surface area contributed by atoms with E-state index in [4.69, 9.17) is 0 Å². The molecule has 74 valence electrons. The lowest BCUT2D eigenvalue weighted by molar-refractivity contribution is 1.37. The summed E-state index contributed by atoms with van der Waals surface area (Å²) in [6.45, 7) is 2.08. The van der Waals surface area contributed by atoms with Crippen LogP contribution in [-0.2, 0) is 0 Å². The summed E-state index contributed by atoms with van der Waals surface area (Å²) in [6.07, 6.45) is 1.80. The summed E-state index contributed by atoms with van der Waals surface area (Å²) >= 11 is 1.60. The van der Waals surface area contributed by atoms with Gasteiger partial charge in [-0.05, 0) is 18.6 Å². The molecular weight excluding hydrogens is 260 g/mol. The van der Waals surface area contributed by atoms with E-state index in [1.165, 1.54) is 5.56 Å². The van der Waals surface area contributed by atoms with Crippen molar-refractivity contribution in [1.82, 2.24) is 4.98 Å². The molecule has 0 aliphatic rings. The zero-order chi connectivity index (χ0) is 9.10. The van der Waals surface area contributed by atoms with Crippen LogP contribution >= 0.6 is 28.3 Å². The Hall–Kier alpha value is -0.870. The Kier molecular flexibility index (Phi) is 4.10. The third kappa shape index (κ3) is 2.56. The largest absolute Gasteiger partial charge is 0.331 e. The standard InChI is InChI=1S/C10H10N2S.BrH/c1-8-4-2-3-5-9(8)12-10-11-6-7-13-10;/h2-7H,1H3,(H,11,12);1H. The maximum absolute atomic E-state index is 4.16. The monoisotopic (exact) mass is 270 g/mol. The number of halogens is 1. The number of aromatic nitrogens is 1. The molecule has 0 saturated carbocycles. The molecule has 0 spiro atoms. The van der Waals surface area contributed by atoms with Gasteiger partial charge in [-0.2, -0.15) is 0 Å². The summed E-state index contributed by atoms with van der Waals surface area (Å²) in [4.78, 5) is 4.16. The molecule has 1 N–H and O–H groups in total. The molecule has 0 aliphatic carbocycles. The number of rotatable bonds is 2. The molecule has 0 fully saturated rings. The van der Waals surface area contributed by atoms with Gasteiger partial charge in [0.25, 0.3) is 0 Å². The van der Waals surface area contributed by atoms with Crippen molar-refractivity contribution in [2.45, 2.75) is 6.92 Å². The van der Waals surface area contributed by atoms with Crippen molar-refractivity contribution >= 4 is 39.1 Å². The van der Waals surface area contributed by atoms with Crippen LogP contribution in [0.1, 0.15) is 5.56 Å². The maximum Gasteiger partial charge on any atom is 0.187 e. The number of anilines is 2. The molecule has 0 bridgehead atoms. The molecule has 1 aromatic heterocycles. The number of aryl methyl sites for hydroxylation is 1. The Morgan fingerprint density at radius 3 is 2.71 bits per heavy atom. The van der Waals surface area contributed by atoms with Crippen LogP contribution in [-0.4, -0.2) is 4.98 Å². The minimum atomic E-state index is 0. The van der Waals surface area contributed by atoms with Gasteiger partial charge in [-0.15, -0.1) is 28.3 Å². The molecule has 0 amide bonds. The molecule has 2 aromatic rings. The zero-order valence-electron chi connectivity index (χ0n) is 7.73. The maximum atomic E-state index is 4.16. The molecule has 0 unspecified atom stereocenters. The van der Waals surface area contributed by atoms with Gasteiger partial charge in [0.05, 0.1) is 0 Å². The first kappa shape index (κ1) is 11.2. The van der Waals surface area contributed by atoms with Gasteiger partial charge in [0, 0.05) is 17.3 Å². The second-order valence-electron chi connectivity index (χ2n) is 2.78. The topological polar surface area (TPSA) is 24.9 Å². The highest BCUT2D eigenvalue weighted by Gasteiger charge is 1.98. The van der Waals surface area contributed by atoms with Crippen molar-refractivity contribution in [1.29, 1.82) is 0 Å². The van der Waals surface area contributed by atoms with Gasteiger partial charge in [0.2, 0.25) is 0 Å². The number of hydrogen-bond acceptors (Lipinski definition) is 3. The molecule has 2 rings (SSSR count). The molecule has 4 heteroatoms. The number of para-hydroxylation sites is 1. The summed E-state index contributed by atoms with van der Waals surface area (Å²) in [5.74, 6) is 0. The van der Waals surface area contributed by atoms with Crippen molar-refractivity contribution in [3.05, 3.63) is 41.4 Å². The van der Waals surface area contributed by atoms with Crippen molar-refractivity contribution in [3.8, 4) is 0 Å². The highest BCUT2D eigenvalue weighted by Crippen LogP contribution is 2.20. The van der Waals surface area contributed by atoms with Crippen LogP contribution in [0.25, 0.3) is 0 Å². The number of thiazole rings is 1. The van der Waals surface area contributed by atoms with Crippen LogP contribution in [0, 0.1) is 6.92 Å². The SMILES string of the molecule is Br.Cc1ccccc1Nc1nccs1. The van der Waals surface area contributed by atoms with Crippen molar-refractivity contribution < 1.29 is 0 Å². The Morgan fingerprint density at radius 2 is 2.07 bits per heavy atom. The van der Waals surface area contributed by atoms with Crippen LogP contribution in [0.15, 0.2) is 35.8 Å². The highest BCUT2D eigenvalue weighted by molar-refractivity contribution is 8.93. The van der Waals surface area contributed by atoms with E-state index in [0.29, 0.717) is 0 Å². The zero-order valence-corrected chi connectivity index (χ0v) is 10.3. The smallest absolute Gasteiger partial charge is 0.187 e. The lowest BCUT2D eigenvalue weighted by Crippen LogP contribution is -1.90. The van der Waals surface area contributed by atoms with Gasteiger partial charge in [0.15, 0.2) is 5.13 Å². The van der Waals surface area contributed by atoms with E-state index in [0.717, 1.165) is 10.8 Å². The molecule has 1 heterocycles. The van der Waals surface area contributed by atoms with Crippen LogP contribution in [0.2, 0.25) is 0 Å². The molecule has 0 atom stereocenters. The van der Waals surface area contributed by atoms with Gasteiger partial charge in [-0.3, -0.25) is 0 Å². The first-order valence-corrected chi connectivity index (χ1v) is 4.96. The van der Waals surface area contributed by atoms with Crippen molar-refractivity contribution in [3.63, 3.8) is 0 Å². The molecular formula is C10H11BrN2S. The van der Waals surface area contributed by atoms with Gasteiger partial charge < -0.3 is 5.32 Å². The summed E-state index contributed by atoms with van der Waals surface area (Å²) in [7, 11) is 0. The highest BCUT2D eigenvalue weighted by atomic mass is 79.9. The third-order valence-corrected chi connectivity index (χ3v) is 2.51. The average Bonchev–Trinajstić information content (AvgIpc) is 2.61. The number of hydrogen-bond donors (Lipinski definition) is 1. The van der Waals surface area contributed by atoms with E-state index in [-0.39, 0.29) is 17.0 Å². The van der Waals surface area contributed by atoms with Crippen LogP contribution in [0.4, 0.5) is 10.8 Å². The fraction of sp³-hybridized carbons (Fsp3) is 0.100. The molecule has 2 nitrogen and oxygen atoms in total. The fourth-order valence-electron chi connectivity index (χ4n) is 1.11. The first-order chi connectivity index (χ1) is 6.36. The Bertz CT molecular complexity index is 387. The lowest BCUT2D eigenvalue weighted by Gasteiger charge is -2.04. The van der Waals surface area contributed by atoms with E-state index in [1.807, 2.05) is 17.5 Å². The van der Waals surface area contributed by atoms with Gasteiger partial charge in [0.1, 0.15) is 0 Å². The van der Waals surface area contributed by atoms with Crippen molar-refractivity contribution in [2.24, 2.45) is 0 Å². The normalized spacial score (nSPS) is 9.21. The molecule has 14 heavy (non-hydrogen) atoms. The van der Waals surface area contributed by atoms with Crippen LogP contribution in [0.3, 0.4) is 0 Å². The van der Waals surface area contributed by atoms with Gasteiger partial charge in [-0.1, -0.05) is 18.2 Å². The van der Waals surface area contributed by atoms with E-state index in [2.05, 4.69) is 29.4 Å². The Morgan fingerprint density at radius 1 is 1.29 bits per heavy atom. The van der Waals surface area contributed by atoms with E-state index >= 15 is 0 Å². The quantitative estimate of drug-likeness (QED) is 0.899. The predicted octanol–water partition coefficient (Wildman–Crippen LogP) is 3.77. The Labute approximate surface area is 97.8 Å². The van der Waals surface area contributed by atoms with E-state index in [1.54, 1.807) is 17.5 Å². The van der Waals surface area contributed by atoms with Crippen LogP contribution < -0.4 is 5.32 Å². The molecule has 0 aliphatic heterocycles. The van der Waals surface area contributed by atoms with Gasteiger partial charge in [-0.25, -0.2) is 4.98 Å². The van der Waals surface area contributed by atoms with Crippen molar-refractivity contribution in [2.75, 3.05) is 5.32 Å². The van der Waals surface area contributed by atoms with Gasteiger partial charge >= 0.3 is 0 Å². The summed E-state index contributed by atoms with van der Waals surface area (Å²) < 4.78 is 0. The lowest BCUT2D eigenvalue weighted by atomic mass is 10.2. The minimum absolute atomic E-state index is 0. The van der Waals surface area contributed by atoms with E-state index < -0.39 is 0 Å². The summed E-state index contributed by atoms with van der Waals surface area (Å²) in [5, 5.41) is 6.16. The first-order valence-electron chi connectivity index (χ1n) is 4.08. The second kappa shape index (κ2) is 5.12. The van der Waals surface area contributed by atoms with E-state index in [9.17, 15) is 0 Å². The molecule has 0 radical (unpaired) electrons. The molecule has 1 aromatic carbocycles. The van der Waals surface area contributed by atoms with Crippen LogP contribution in [0.5, 0.6) is 0 Å². The molecule has 0 saturated heterocycles. The number of nitrogens with zero attached hydrogens (tertiary/aromatic N) is 1. The number of nitrogens with one attached hydrogen (secondary N) is 1. The number of benzene rings is 1. The Balaban J connectivity index is 0.000000980.